The Morgan fingerprint density at radius 1 is 1.35 bits per heavy atom. The Kier molecular flexibility index (Phi) is 5.49. The molecule has 1 heterocycles. The van der Waals surface area contributed by atoms with Gasteiger partial charge in [-0.2, -0.15) is 0 Å². The molecular formula is C15H21N3OS. The number of hydrogen-bond acceptors (Lipinski definition) is 4. The number of para-hydroxylation sites is 1. The van der Waals surface area contributed by atoms with Crippen LogP contribution in [0, 0.1) is 0 Å². The zero-order chi connectivity index (χ0) is 14.4. The summed E-state index contributed by atoms with van der Waals surface area (Å²) < 4.78 is 1.16. The van der Waals surface area contributed by atoms with Crippen molar-refractivity contribution in [1.29, 1.82) is 0 Å². The number of thiazole rings is 1. The Bertz CT molecular complexity index is 532. The Hall–Kier alpha value is -1.46. The fourth-order valence-corrected chi connectivity index (χ4v) is 2.80. The van der Waals surface area contributed by atoms with Gasteiger partial charge in [0.15, 0.2) is 0 Å². The first-order chi connectivity index (χ1) is 9.65. The van der Waals surface area contributed by atoms with Crippen molar-refractivity contribution in [3.05, 3.63) is 29.3 Å². The van der Waals surface area contributed by atoms with Crippen LogP contribution in [-0.2, 0) is 11.3 Å². The fraction of sp³-hybridized carbons (Fsp3) is 0.467. The zero-order valence-corrected chi connectivity index (χ0v) is 12.8. The molecule has 0 spiro atoms. The van der Waals surface area contributed by atoms with Gasteiger partial charge in [0, 0.05) is 12.5 Å². The van der Waals surface area contributed by atoms with E-state index in [-0.39, 0.29) is 5.91 Å². The molecule has 0 fully saturated rings. The molecule has 20 heavy (non-hydrogen) atoms. The smallest absolute Gasteiger partial charge is 0.220 e. The van der Waals surface area contributed by atoms with Gasteiger partial charge in [0.25, 0.3) is 0 Å². The molecule has 4 nitrogen and oxygen atoms in total. The van der Waals surface area contributed by atoms with E-state index in [0.717, 1.165) is 28.2 Å². The van der Waals surface area contributed by atoms with Gasteiger partial charge < -0.3 is 10.6 Å². The van der Waals surface area contributed by atoms with Crippen molar-refractivity contribution in [2.75, 3.05) is 6.54 Å². The van der Waals surface area contributed by atoms with Crippen LogP contribution in [0.2, 0.25) is 0 Å². The third-order valence-electron chi connectivity index (χ3n) is 2.91. The summed E-state index contributed by atoms with van der Waals surface area (Å²) in [7, 11) is 0. The standard InChI is InChI=1S/C15H21N3OS/c1-11(2)16-9-5-8-14(19)17-10-15-18-12-6-3-4-7-13(12)20-15/h3-4,6-7,11,16H,5,8-10H2,1-2H3,(H,17,19). The Labute approximate surface area is 123 Å². The molecule has 0 saturated carbocycles. The number of amides is 1. The Morgan fingerprint density at radius 2 is 2.15 bits per heavy atom. The molecule has 1 aromatic carbocycles. The van der Waals surface area contributed by atoms with E-state index in [1.54, 1.807) is 11.3 Å². The molecule has 2 aromatic rings. The Morgan fingerprint density at radius 3 is 2.90 bits per heavy atom. The van der Waals surface area contributed by atoms with Gasteiger partial charge in [0.05, 0.1) is 16.8 Å². The number of aromatic nitrogens is 1. The summed E-state index contributed by atoms with van der Waals surface area (Å²) in [5, 5.41) is 7.19. The van der Waals surface area contributed by atoms with E-state index in [1.165, 1.54) is 0 Å². The van der Waals surface area contributed by atoms with E-state index in [2.05, 4.69) is 35.5 Å². The molecule has 0 aliphatic carbocycles. The van der Waals surface area contributed by atoms with Crippen molar-refractivity contribution in [1.82, 2.24) is 15.6 Å². The van der Waals surface area contributed by atoms with Crippen LogP contribution in [0.25, 0.3) is 10.2 Å². The predicted octanol–water partition coefficient (Wildman–Crippen LogP) is 2.69. The van der Waals surface area contributed by atoms with Crippen LogP contribution in [0.15, 0.2) is 24.3 Å². The molecule has 0 radical (unpaired) electrons. The predicted molar refractivity (Wildman–Crippen MR) is 83.8 cm³/mol. The number of hydrogen-bond donors (Lipinski definition) is 2. The van der Waals surface area contributed by atoms with E-state index in [9.17, 15) is 4.79 Å². The first kappa shape index (κ1) is 14.9. The molecule has 108 valence electrons. The van der Waals surface area contributed by atoms with Crippen molar-refractivity contribution in [2.45, 2.75) is 39.3 Å². The highest BCUT2D eigenvalue weighted by Gasteiger charge is 2.05. The molecule has 0 bridgehead atoms. The molecule has 0 saturated heterocycles. The van der Waals surface area contributed by atoms with Crippen LogP contribution in [-0.4, -0.2) is 23.5 Å². The lowest BCUT2D eigenvalue weighted by molar-refractivity contribution is -0.121. The van der Waals surface area contributed by atoms with Gasteiger partial charge in [0.2, 0.25) is 5.91 Å². The van der Waals surface area contributed by atoms with Crippen molar-refractivity contribution < 1.29 is 4.79 Å². The van der Waals surface area contributed by atoms with E-state index in [4.69, 9.17) is 0 Å². The first-order valence-electron chi connectivity index (χ1n) is 6.99. The summed E-state index contributed by atoms with van der Waals surface area (Å²) in [5.74, 6) is 0.0924. The second-order valence-electron chi connectivity index (χ2n) is 5.06. The number of carbonyl (C=O) groups is 1. The second kappa shape index (κ2) is 7.36. The summed E-state index contributed by atoms with van der Waals surface area (Å²) in [5.41, 5.74) is 1.00. The van der Waals surface area contributed by atoms with Gasteiger partial charge in [-0.15, -0.1) is 11.3 Å². The van der Waals surface area contributed by atoms with Crippen LogP contribution in [0.5, 0.6) is 0 Å². The number of nitrogens with zero attached hydrogens (tertiary/aromatic N) is 1. The van der Waals surface area contributed by atoms with Crippen molar-refractivity contribution >= 4 is 27.5 Å². The van der Waals surface area contributed by atoms with Gasteiger partial charge in [-0.05, 0) is 25.1 Å². The van der Waals surface area contributed by atoms with Crippen LogP contribution < -0.4 is 10.6 Å². The largest absolute Gasteiger partial charge is 0.350 e. The van der Waals surface area contributed by atoms with Crippen molar-refractivity contribution in [3.8, 4) is 0 Å². The van der Waals surface area contributed by atoms with Crippen LogP contribution in [0.4, 0.5) is 0 Å². The lowest BCUT2D eigenvalue weighted by Gasteiger charge is -2.07. The number of rotatable bonds is 7. The number of nitrogens with one attached hydrogen (secondary N) is 2. The Balaban J connectivity index is 1.73. The minimum absolute atomic E-state index is 0.0924. The third kappa shape index (κ3) is 4.58. The maximum Gasteiger partial charge on any atom is 0.220 e. The van der Waals surface area contributed by atoms with E-state index < -0.39 is 0 Å². The maximum atomic E-state index is 11.7. The molecule has 1 aromatic heterocycles. The monoisotopic (exact) mass is 291 g/mol. The molecule has 1 amide bonds. The lowest BCUT2D eigenvalue weighted by atomic mass is 10.2. The number of fused-ring (bicyclic) bond motifs is 1. The average molecular weight is 291 g/mol. The van der Waals surface area contributed by atoms with Crippen LogP contribution >= 0.6 is 11.3 Å². The molecular weight excluding hydrogens is 270 g/mol. The number of carbonyl (C=O) groups excluding carboxylic acids is 1. The topological polar surface area (TPSA) is 54.0 Å². The van der Waals surface area contributed by atoms with Gasteiger partial charge in [0.1, 0.15) is 5.01 Å². The lowest BCUT2D eigenvalue weighted by Crippen LogP contribution is -2.27. The highest BCUT2D eigenvalue weighted by molar-refractivity contribution is 7.18. The highest BCUT2D eigenvalue weighted by atomic mass is 32.1. The molecule has 0 aliphatic heterocycles. The summed E-state index contributed by atoms with van der Waals surface area (Å²) in [6.45, 7) is 5.61. The van der Waals surface area contributed by atoms with Crippen LogP contribution in [0.3, 0.4) is 0 Å². The van der Waals surface area contributed by atoms with E-state index in [1.807, 2.05) is 18.2 Å². The minimum atomic E-state index is 0.0924. The quantitative estimate of drug-likeness (QED) is 0.771. The molecule has 5 heteroatoms. The summed E-state index contributed by atoms with van der Waals surface area (Å²) >= 11 is 1.63. The molecule has 2 rings (SSSR count). The van der Waals surface area contributed by atoms with Gasteiger partial charge in [-0.1, -0.05) is 26.0 Å². The first-order valence-corrected chi connectivity index (χ1v) is 7.81. The van der Waals surface area contributed by atoms with Gasteiger partial charge in [-0.25, -0.2) is 4.98 Å². The summed E-state index contributed by atoms with van der Waals surface area (Å²) in [4.78, 5) is 16.2. The van der Waals surface area contributed by atoms with E-state index >= 15 is 0 Å². The molecule has 0 unspecified atom stereocenters. The molecule has 0 aliphatic rings. The van der Waals surface area contributed by atoms with Crippen molar-refractivity contribution in [2.24, 2.45) is 0 Å². The zero-order valence-electron chi connectivity index (χ0n) is 12.0. The van der Waals surface area contributed by atoms with Gasteiger partial charge >= 0.3 is 0 Å². The SMILES string of the molecule is CC(C)NCCCC(=O)NCc1nc2ccccc2s1. The number of benzene rings is 1. The van der Waals surface area contributed by atoms with Crippen molar-refractivity contribution in [3.63, 3.8) is 0 Å². The molecule has 2 N–H and O–H groups in total. The fourth-order valence-electron chi connectivity index (χ4n) is 1.90. The summed E-state index contributed by atoms with van der Waals surface area (Å²) in [6.07, 6.45) is 1.43. The second-order valence-corrected chi connectivity index (χ2v) is 6.18. The average Bonchev–Trinajstić information content (AvgIpc) is 2.84. The van der Waals surface area contributed by atoms with E-state index in [0.29, 0.717) is 19.0 Å². The maximum absolute atomic E-state index is 11.7. The minimum Gasteiger partial charge on any atom is -0.350 e. The third-order valence-corrected chi connectivity index (χ3v) is 3.94. The highest BCUT2D eigenvalue weighted by Crippen LogP contribution is 2.21. The molecule has 0 atom stereocenters. The summed E-state index contributed by atoms with van der Waals surface area (Å²) in [6, 6.07) is 8.50. The normalized spacial score (nSPS) is 11.2. The van der Waals surface area contributed by atoms with Gasteiger partial charge in [-0.3, -0.25) is 4.79 Å². The van der Waals surface area contributed by atoms with Crippen LogP contribution in [0.1, 0.15) is 31.7 Å².